The number of carbonyl (C=O) groups excluding carboxylic acids is 1. The van der Waals surface area contributed by atoms with E-state index in [0.29, 0.717) is 11.3 Å². The molecule has 1 aromatic carbocycles. The van der Waals surface area contributed by atoms with Crippen LogP contribution in [0.15, 0.2) is 18.2 Å². The van der Waals surface area contributed by atoms with Gasteiger partial charge in [-0.1, -0.05) is 12.8 Å². The van der Waals surface area contributed by atoms with Crippen LogP contribution in [-0.4, -0.2) is 19.0 Å². The molecule has 0 aliphatic heterocycles. The second-order valence-electron chi connectivity index (χ2n) is 4.39. The van der Waals surface area contributed by atoms with Gasteiger partial charge in [-0.15, -0.1) is 0 Å². The normalized spacial score (nSPS) is 15.9. The summed E-state index contributed by atoms with van der Waals surface area (Å²) in [6.45, 7) is 0. The third kappa shape index (κ3) is 2.75. The molecule has 0 bridgehead atoms. The van der Waals surface area contributed by atoms with Crippen LogP contribution in [0.1, 0.15) is 36.0 Å². The summed E-state index contributed by atoms with van der Waals surface area (Å²) < 4.78 is 13.1. The predicted octanol–water partition coefficient (Wildman–Crippen LogP) is 2.54. The maximum atomic E-state index is 13.1. The third-order valence-electron chi connectivity index (χ3n) is 3.19. The number of anilines is 1. The second kappa shape index (κ2) is 5.17. The van der Waals surface area contributed by atoms with Gasteiger partial charge in [0.05, 0.1) is 5.56 Å². The summed E-state index contributed by atoms with van der Waals surface area (Å²) in [6.07, 6.45) is 4.37. The monoisotopic (exact) mass is 236 g/mol. The van der Waals surface area contributed by atoms with Gasteiger partial charge in [-0.25, -0.2) is 4.39 Å². The van der Waals surface area contributed by atoms with Gasteiger partial charge in [0.1, 0.15) is 5.82 Å². The van der Waals surface area contributed by atoms with E-state index in [4.69, 9.17) is 0 Å². The Morgan fingerprint density at radius 3 is 2.71 bits per heavy atom. The van der Waals surface area contributed by atoms with Crippen LogP contribution in [0.5, 0.6) is 0 Å². The lowest BCUT2D eigenvalue weighted by atomic mass is 10.1. The highest BCUT2D eigenvalue weighted by atomic mass is 19.1. The number of nitrogens with one attached hydrogen (secondary N) is 2. The van der Waals surface area contributed by atoms with Crippen molar-refractivity contribution in [2.75, 3.05) is 12.4 Å². The van der Waals surface area contributed by atoms with Crippen molar-refractivity contribution < 1.29 is 9.18 Å². The molecule has 1 aliphatic carbocycles. The second-order valence-corrected chi connectivity index (χ2v) is 4.39. The molecule has 3 nitrogen and oxygen atoms in total. The fourth-order valence-corrected chi connectivity index (χ4v) is 2.26. The van der Waals surface area contributed by atoms with Crippen molar-refractivity contribution in [3.63, 3.8) is 0 Å². The minimum atomic E-state index is -0.388. The van der Waals surface area contributed by atoms with Crippen molar-refractivity contribution in [2.45, 2.75) is 31.7 Å². The zero-order valence-corrected chi connectivity index (χ0v) is 9.92. The molecule has 1 amide bonds. The summed E-state index contributed by atoms with van der Waals surface area (Å²) in [6, 6.07) is 4.45. The first-order chi connectivity index (χ1) is 8.20. The Kier molecular flexibility index (Phi) is 3.61. The molecule has 0 spiro atoms. The van der Waals surface area contributed by atoms with Gasteiger partial charge in [0.15, 0.2) is 0 Å². The molecule has 0 unspecified atom stereocenters. The molecular weight excluding hydrogens is 219 g/mol. The molecule has 0 atom stereocenters. The van der Waals surface area contributed by atoms with Gasteiger partial charge in [0, 0.05) is 18.8 Å². The summed E-state index contributed by atoms with van der Waals surface area (Å²) in [5, 5.41) is 5.85. The predicted molar refractivity (Wildman–Crippen MR) is 65.7 cm³/mol. The van der Waals surface area contributed by atoms with Gasteiger partial charge in [-0.05, 0) is 31.0 Å². The Labute approximate surface area is 100 Å². The minimum absolute atomic E-state index is 0.194. The SMILES string of the molecule is CNc1ccc(F)cc1C(=O)NC1CCCC1. The fraction of sp³-hybridized carbons (Fsp3) is 0.462. The Hall–Kier alpha value is -1.58. The summed E-state index contributed by atoms with van der Waals surface area (Å²) in [7, 11) is 1.72. The van der Waals surface area contributed by atoms with Gasteiger partial charge in [0.2, 0.25) is 0 Å². The van der Waals surface area contributed by atoms with E-state index >= 15 is 0 Å². The number of hydrogen-bond donors (Lipinski definition) is 2. The fourth-order valence-electron chi connectivity index (χ4n) is 2.26. The zero-order chi connectivity index (χ0) is 12.3. The first-order valence-electron chi connectivity index (χ1n) is 5.99. The first-order valence-corrected chi connectivity index (χ1v) is 5.99. The number of rotatable bonds is 3. The highest BCUT2D eigenvalue weighted by Gasteiger charge is 2.19. The van der Waals surface area contributed by atoms with Crippen LogP contribution in [0.4, 0.5) is 10.1 Å². The largest absolute Gasteiger partial charge is 0.387 e. The van der Waals surface area contributed by atoms with Gasteiger partial charge in [-0.3, -0.25) is 4.79 Å². The molecule has 0 aromatic heterocycles. The van der Waals surface area contributed by atoms with Crippen molar-refractivity contribution >= 4 is 11.6 Å². The van der Waals surface area contributed by atoms with Crippen molar-refractivity contribution in [2.24, 2.45) is 0 Å². The Bertz CT molecular complexity index is 414. The molecule has 1 saturated carbocycles. The number of benzene rings is 1. The van der Waals surface area contributed by atoms with E-state index in [9.17, 15) is 9.18 Å². The lowest BCUT2D eigenvalue weighted by molar-refractivity contribution is 0.0938. The Morgan fingerprint density at radius 2 is 2.06 bits per heavy atom. The highest BCUT2D eigenvalue weighted by molar-refractivity contribution is 5.99. The van der Waals surface area contributed by atoms with Crippen molar-refractivity contribution in [1.29, 1.82) is 0 Å². The Morgan fingerprint density at radius 1 is 1.35 bits per heavy atom. The van der Waals surface area contributed by atoms with Crippen LogP contribution in [0, 0.1) is 5.82 Å². The number of amides is 1. The molecule has 0 radical (unpaired) electrons. The van der Waals surface area contributed by atoms with Gasteiger partial charge >= 0.3 is 0 Å². The summed E-state index contributed by atoms with van der Waals surface area (Å²) in [4.78, 5) is 12.0. The summed E-state index contributed by atoms with van der Waals surface area (Å²) >= 11 is 0. The molecule has 0 heterocycles. The van der Waals surface area contributed by atoms with E-state index < -0.39 is 0 Å². The van der Waals surface area contributed by atoms with Gasteiger partial charge in [0.25, 0.3) is 5.91 Å². The van der Waals surface area contributed by atoms with E-state index in [2.05, 4.69) is 10.6 Å². The first kappa shape index (κ1) is 11.9. The van der Waals surface area contributed by atoms with Crippen LogP contribution in [0.3, 0.4) is 0 Å². The summed E-state index contributed by atoms with van der Waals surface area (Å²) in [5.74, 6) is -0.582. The number of carbonyl (C=O) groups is 1. The van der Waals surface area contributed by atoms with Crippen LogP contribution in [-0.2, 0) is 0 Å². The van der Waals surface area contributed by atoms with Crippen molar-refractivity contribution in [1.82, 2.24) is 5.32 Å². The smallest absolute Gasteiger partial charge is 0.253 e. The molecule has 1 fully saturated rings. The average Bonchev–Trinajstić information content (AvgIpc) is 2.81. The molecule has 2 rings (SSSR count). The maximum Gasteiger partial charge on any atom is 0.253 e. The molecule has 17 heavy (non-hydrogen) atoms. The van der Waals surface area contributed by atoms with E-state index in [1.165, 1.54) is 12.1 Å². The van der Waals surface area contributed by atoms with Crippen LogP contribution in [0.25, 0.3) is 0 Å². The van der Waals surface area contributed by atoms with Crippen molar-refractivity contribution in [3.8, 4) is 0 Å². The van der Waals surface area contributed by atoms with E-state index in [1.807, 2.05) is 0 Å². The summed E-state index contributed by atoms with van der Waals surface area (Å²) in [5.41, 5.74) is 1.03. The van der Waals surface area contributed by atoms with Crippen LogP contribution in [0.2, 0.25) is 0 Å². The standard InChI is InChI=1S/C13H17FN2O/c1-15-12-7-6-9(14)8-11(12)13(17)16-10-4-2-3-5-10/h6-8,10,15H,2-5H2,1H3,(H,16,17). The lowest BCUT2D eigenvalue weighted by Crippen LogP contribution is -2.33. The van der Waals surface area contributed by atoms with E-state index in [1.54, 1.807) is 13.1 Å². The molecular formula is C13H17FN2O. The van der Waals surface area contributed by atoms with Crippen molar-refractivity contribution in [3.05, 3.63) is 29.6 Å². The van der Waals surface area contributed by atoms with Crippen LogP contribution < -0.4 is 10.6 Å². The minimum Gasteiger partial charge on any atom is -0.387 e. The molecule has 4 heteroatoms. The van der Waals surface area contributed by atoms with Gasteiger partial charge in [-0.2, -0.15) is 0 Å². The Balaban J connectivity index is 2.14. The lowest BCUT2D eigenvalue weighted by Gasteiger charge is -2.14. The van der Waals surface area contributed by atoms with Gasteiger partial charge < -0.3 is 10.6 Å². The highest BCUT2D eigenvalue weighted by Crippen LogP contribution is 2.20. The number of halogens is 1. The quantitative estimate of drug-likeness (QED) is 0.846. The topological polar surface area (TPSA) is 41.1 Å². The number of hydrogen-bond acceptors (Lipinski definition) is 2. The molecule has 2 N–H and O–H groups in total. The zero-order valence-electron chi connectivity index (χ0n) is 9.92. The molecule has 1 aromatic rings. The van der Waals surface area contributed by atoms with Crippen LogP contribution >= 0.6 is 0 Å². The third-order valence-corrected chi connectivity index (χ3v) is 3.19. The molecule has 0 saturated heterocycles. The molecule has 1 aliphatic rings. The average molecular weight is 236 g/mol. The maximum absolute atomic E-state index is 13.1. The van der Waals surface area contributed by atoms with E-state index in [0.717, 1.165) is 25.7 Å². The van der Waals surface area contributed by atoms with E-state index in [-0.39, 0.29) is 17.8 Å². The molecule has 92 valence electrons.